The van der Waals surface area contributed by atoms with Crippen molar-refractivity contribution in [3.05, 3.63) is 57.9 Å². The van der Waals surface area contributed by atoms with Crippen LogP contribution in [0.5, 0.6) is 5.88 Å². The van der Waals surface area contributed by atoms with Crippen molar-refractivity contribution >= 4 is 28.5 Å². The predicted octanol–water partition coefficient (Wildman–Crippen LogP) is 2.70. The third kappa shape index (κ3) is 5.39. The van der Waals surface area contributed by atoms with E-state index in [0.717, 1.165) is 12.1 Å². The summed E-state index contributed by atoms with van der Waals surface area (Å²) >= 11 is 0. The van der Waals surface area contributed by atoms with Crippen LogP contribution in [0.3, 0.4) is 0 Å². The zero-order valence-corrected chi connectivity index (χ0v) is 20.1. The summed E-state index contributed by atoms with van der Waals surface area (Å²) in [4.78, 5) is 32.7. The molecule has 0 spiro atoms. The Morgan fingerprint density at radius 3 is 2.44 bits per heavy atom. The molecule has 194 valence electrons. The number of carbonyl (C=O) groups excluding carboxylic acids is 1. The van der Waals surface area contributed by atoms with Gasteiger partial charge in [-0.2, -0.15) is 0 Å². The zero-order valence-electron chi connectivity index (χ0n) is 20.1. The first-order chi connectivity index (χ1) is 16.8. The Morgan fingerprint density at radius 2 is 1.83 bits per heavy atom. The van der Waals surface area contributed by atoms with Crippen molar-refractivity contribution in [2.24, 2.45) is 0 Å². The van der Waals surface area contributed by atoms with Gasteiger partial charge in [0.1, 0.15) is 28.5 Å². The number of methoxy groups -OCH3 is 1. The maximum atomic E-state index is 14.5. The molecule has 1 amide bonds. The summed E-state index contributed by atoms with van der Waals surface area (Å²) in [6.07, 6.45) is -1.17. The topological polar surface area (TPSA) is 126 Å². The number of hydrogen-bond donors (Lipinski definition) is 1. The van der Waals surface area contributed by atoms with Crippen molar-refractivity contribution in [1.29, 1.82) is 0 Å². The van der Waals surface area contributed by atoms with Crippen molar-refractivity contribution in [3.8, 4) is 5.88 Å². The van der Waals surface area contributed by atoms with E-state index < -0.39 is 29.4 Å². The van der Waals surface area contributed by atoms with Crippen LogP contribution in [0.4, 0.5) is 25.0 Å². The first-order valence-corrected chi connectivity index (χ1v) is 11.1. The molecule has 0 saturated carbocycles. The smallest absolute Gasteiger partial charge is 0.412 e. The first-order valence-electron chi connectivity index (χ1n) is 11.1. The van der Waals surface area contributed by atoms with Crippen LogP contribution in [0.25, 0.3) is 11.0 Å². The second kappa shape index (κ2) is 11.3. The van der Waals surface area contributed by atoms with Crippen LogP contribution in [0, 0.1) is 11.6 Å². The molecule has 0 unspecified atom stereocenters. The van der Waals surface area contributed by atoms with Crippen molar-refractivity contribution in [2.75, 3.05) is 43.6 Å². The average molecular weight is 507 g/mol. The number of hydrogen-bond acceptors (Lipinski definition) is 7. The Bertz CT molecular complexity index is 1290. The maximum absolute atomic E-state index is 14.5. The number of morpholine rings is 1. The molecule has 0 atom stereocenters. The lowest BCUT2D eigenvalue weighted by Gasteiger charge is -2.31. The minimum Gasteiger partial charge on any atom is -0.481 e. The summed E-state index contributed by atoms with van der Waals surface area (Å²) < 4.78 is 46.2. The lowest BCUT2D eigenvalue weighted by Crippen LogP contribution is -2.41. The predicted molar refractivity (Wildman–Crippen MR) is 130 cm³/mol. The number of nitrogens with one attached hydrogen (secondary N) is 1. The fraction of sp³-hybridized carbons (Fsp3) is 0.375. The summed E-state index contributed by atoms with van der Waals surface area (Å²) in [5.74, 6) is -1.32. The standard InChI is InChI=1S/C24H26F2N4O5.H2O/c1-14(2)35-24(32)28-21-20-18(7-8-19(27-20)33-3)30(13-15-16(25)5-4-6-17(15)26)23(31)22(21)29-9-11-34-12-10-29;/h4-8,14H,9-13H2,1-3H3,(H,28,32);1H2. The fourth-order valence-corrected chi connectivity index (χ4v) is 3.95. The lowest BCUT2D eigenvalue weighted by molar-refractivity contribution is 0.122. The molecule has 1 aromatic carbocycles. The largest absolute Gasteiger partial charge is 0.481 e. The summed E-state index contributed by atoms with van der Waals surface area (Å²) in [5, 5.41) is 2.66. The number of nitrogens with zero attached hydrogens (tertiary/aromatic N) is 3. The Morgan fingerprint density at radius 1 is 1.17 bits per heavy atom. The Labute approximate surface area is 205 Å². The van der Waals surface area contributed by atoms with Gasteiger partial charge in [-0.15, -0.1) is 0 Å². The van der Waals surface area contributed by atoms with E-state index in [2.05, 4.69) is 10.3 Å². The molecule has 0 aliphatic carbocycles. The number of pyridine rings is 2. The zero-order chi connectivity index (χ0) is 25.1. The van der Waals surface area contributed by atoms with Gasteiger partial charge in [-0.1, -0.05) is 6.07 Å². The lowest BCUT2D eigenvalue weighted by atomic mass is 10.1. The maximum Gasteiger partial charge on any atom is 0.412 e. The highest BCUT2D eigenvalue weighted by Crippen LogP contribution is 2.33. The highest BCUT2D eigenvalue weighted by molar-refractivity contribution is 6.02. The number of aromatic nitrogens is 2. The minimum absolute atomic E-state index is 0. The normalized spacial score (nSPS) is 13.4. The molecule has 2 aromatic heterocycles. The summed E-state index contributed by atoms with van der Waals surface area (Å²) in [5.41, 5.74) is -0.0904. The number of rotatable bonds is 6. The van der Waals surface area contributed by atoms with Crippen LogP contribution in [0.1, 0.15) is 19.4 Å². The third-order valence-corrected chi connectivity index (χ3v) is 5.54. The van der Waals surface area contributed by atoms with E-state index in [0.29, 0.717) is 26.3 Å². The van der Waals surface area contributed by atoms with Gasteiger partial charge in [-0.25, -0.2) is 18.6 Å². The molecule has 1 aliphatic rings. The number of carbonyl (C=O) groups is 1. The quantitative estimate of drug-likeness (QED) is 0.545. The van der Waals surface area contributed by atoms with Gasteiger partial charge in [0.05, 0.1) is 38.5 Å². The second-order valence-electron chi connectivity index (χ2n) is 8.21. The van der Waals surface area contributed by atoms with Crippen LogP contribution >= 0.6 is 0 Å². The highest BCUT2D eigenvalue weighted by Gasteiger charge is 2.27. The molecule has 12 heteroatoms. The van der Waals surface area contributed by atoms with Gasteiger partial charge in [0.2, 0.25) is 5.88 Å². The first kappa shape index (κ1) is 26.8. The Balaban J connectivity index is 0.00000361. The van der Waals surface area contributed by atoms with Crippen molar-refractivity contribution in [2.45, 2.75) is 26.5 Å². The van der Waals surface area contributed by atoms with Crippen LogP contribution in [-0.2, 0) is 16.0 Å². The van der Waals surface area contributed by atoms with E-state index in [1.54, 1.807) is 24.8 Å². The molecule has 4 rings (SSSR count). The number of anilines is 2. The summed E-state index contributed by atoms with van der Waals surface area (Å²) in [6.45, 7) is 4.47. The number of fused-ring (bicyclic) bond motifs is 1. The molecule has 0 radical (unpaired) electrons. The van der Waals surface area contributed by atoms with E-state index in [9.17, 15) is 18.4 Å². The molecule has 10 nitrogen and oxygen atoms in total. The molecule has 1 fully saturated rings. The van der Waals surface area contributed by atoms with E-state index in [4.69, 9.17) is 14.2 Å². The summed E-state index contributed by atoms with van der Waals surface area (Å²) in [6, 6.07) is 6.61. The number of amides is 1. The summed E-state index contributed by atoms with van der Waals surface area (Å²) in [7, 11) is 1.43. The van der Waals surface area contributed by atoms with Gasteiger partial charge >= 0.3 is 6.09 Å². The number of ether oxygens (including phenoxy) is 3. The molecule has 36 heavy (non-hydrogen) atoms. The van der Waals surface area contributed by atoms with Gasteiger partial charge in [0.25, 0.3) is 5.56 Å². The van der Waals surface area contributed by atoms with Gasteiger partial charge in [0, 0.05) is 24.7 Å². The molecular formula is C24H28F2N4O6. The molecular weight excluding hydrogens is 478 g/mol. The fourth-order valence-electron chi connectivity index (χ4n) is 3.95. The van der Waals surface area contributed by atoms with Crippen LogP contribution in [0.2, 0.25) is 0 Å². The van der Waals surface area contributed by atoms with E-state index in [-0.39, 0.29) is 45.9 Å². The average Bonchev–Trinajstić information content (AvgIpc) is 2.83. The van der Waals surface area contributed by atoms with Crippen molar-refractivity contribution in [1.82, 2.24) is 9.55 Å². The van der Waals surface area contributed by atoms with Gasteiger partial charge < -0.3 is 29.2 Å². The van der Waals surface area contributed by atoms with Crippen molar-refractivity contribution in [3.63, 3.8) is 0 Å². The second-order valence-corrected chi connectivity index (χ2v) is 8.21. The molecule has 1 saturated heterocycles. The molecule has 3 heterocycles. The van der Waals surface area contributed by atoms with Gasteiger partial charge in [-0.05, 0) is 32.0 Å². The van der Waals surface area contributed by atoms with Crippen LogP contribution in [-0.4, -0.2) is 60.6 Å². The van der Waals surface area contributed by atoms with E-state index in [1.165, 1.54) is 23.8 Å². The van der Waals surface area contributed by atoms with E-state index in [1.807, 2.05) is 0 Å². The molecule has 3 N–H and O–H groups in total. The van der Waals surface area contributed by atoms with Gasteiger partial charge in [-0.3, -0.25) is 10.1 Å². The van der Waals surface area contributed by atoms with Crippen LogP contribution in [0.15, 0.2) is 35.1 Å². The Kier molecular flexibility index (Phi) is 8.43. The van der Waals surface area contributed by atoms with Crippen LogP contribution < -0.4 is 20.5 Å². The number of benzene rings is 1. The Hall–Kier alpha value is -3.77. The SMILES string of the molecule is COc1ccc2c(n1)c(NC(=O)OC(C)C)c(N1CCOCC1)c(=O)n2Cc1c(F)cccc1F.O. The van der Waals surface area contributed by atoms with Gasteiger partial charge in [0.15, 0.2) is 0 Å². The molecule has 0 bridgehead atoms. The third-order valence-electron chi connectivity index (χ3n) is 5.54. The molecule has 3 aromatic rings. The minimum atomic E-state index is -0.776. The van der Waals surface area contributed by atoms with E-state index >= 15 is 0 Å². The molecule has 1 aliphatic heterocycles. The number of halogens is 2. The van der Waals surface area contributed by atoms with Crippen molar-refractivity contribution < 1.29 is 33.3 Å². The highest BCUT2D eigenvalue weighted by atomic mass is 19.1. The monoisotopic (exact) mass is 506 g/mol.